The number of hydrogen-bond acceptors (Lipinski definition) is 6. The highest BCUT2D eigenvalue weighted by Gasteiger charge is 2.33. The van der Waals surface area contributed by atoms with Crippen LogP contribution in [0.4, 0.5) is 20.2 Å². The van der Waals surface area contributed by atoms with Crippen LogP contribution < -0.4 is 15.5 Å². The van der Waals surface area contributed by atoms with E-state index in [0.29, 0.717) is 9.21 Å². The lowest BCUT2D eigenvalue weighted by Crippen LogP contribution is -2.54. The second-order valence-electron chi connectivity index (χ2n) is 8.74. The number of hydrogen-bond donors (Lipinski definition) is 2. The van der Waals surface area contributed by atoms with E-state index in [2.05, 4.69) is 10.6 Å². The van der Waals surface area contributed by atoms with Crippen molar-refractivity contribution in [2.45, 2.75) is 37.8 Å². The Hall–Kier alpha value is -2.60. The van der Waals surface area contributed by atoms with Crippen molar-refractivity contribution < 1.29 is 27.9 Å². The van der Waals surface area contributed by atoms with E-state index in [0.717, 1.165) is 30.6 Å². The second-order valence-corrected chi connectivity index (χ2v) is 10.5. The monoisotopic (exact) mass is 540 g/mol. The molecule has 2 aliphatic rings. The molecule has 1 saturated carbocycles. The number of nitrogens with zero attached hydrogens (tertiary/aromatic N) is 2. The molecular weight excluding hydrogens is 514 g/mol. The molecule has 4 rings (SSSR count). The predicted octanol–water partition coefficient (Wildman–Crippen LogP) is 3.92. The SMILES string of the molecule is CN(C1CCC1)[C@@H](CNC(=O)c1ccc(Cl)s1)C(=O)Nc1ccc(N2CCOCC2=O)c(C(F)F)c1. The number of benzene rings is 1. The van der Waals surface area contributed by atoms with Crippen LogP contribution in [-0.4, -0.2) is 68.1 Å². The number of likely N-dealkylation sites (N-methyl/N-ethyl adjacent to an activating group) is 1. The molecule has 3 amide bonds. The van der Waals surface area contributed by atoms with Crippen molar-refractivity contribution in [3.63, 3.8) is 0 Å². The lowest BCUT2D eigenvalue weighted by Gasteiger charge is -2.39. The van der Waals surface area contributed by atoms with Gasteiger partial charge in [-0.15, -0.1) is 11.3 Å². The molecule has 1 saturated heterocycles. The van der Waals surface area contributed by atoms with Crippen LogP contribution in [0.1, 0.15) is 40.9 Å². The summed E-state index contributed by atoms with van der Waals surface area (Å²) in [5.41, 5.74) is -0.0701. The maximum atomic E-state index is 13.9. The van der Waals surface area contributed by atoms with Gasteiger partial charge < -0.3 is 20.3 Å². The molecule has 1 aromatic carbocycles. The summed E-state index contributed by atoms with van der Waals surface area (Å²) in [5, 5.41) is 5.50. The van der Waals surface area contributed by atoms with E-state index in [1.807, 2.05) is 11.9 Å². The van der Waals surface area contributed by atoms with Gasteiger partial charge in [0.15, 0.2) is 0 Å². The molecule has 2 aromatic rings. The van der Waals surface area contributed by atoms with Gasteiger partial charge in [-0.25, -0.2) is 8.78 Å². The first-order valence-electron chi connectivity index (χ1n) is 11.6. The Morgan fingerprint density at radius 2 is 2.06 bits per heavy atom. The van der Waals surface area contributed by atoms with E-state index in [1.165, 1.54) is 23.1 Å². The largest absolute Gasteiger partial charge is 0.370 e. The molecule has 12 heteroatoms. The van der Waals surface area contributed by atoms with Crippen LogP contribution in [0.25, 0.3) is 0 Å². The highest BCUT2D eigenvalue weighted by Crippen LogP contribution is 2.33. The lowest BCUT2D eigenvalue weighted by atomic mass is 9.90. The molecule has 2 N–H and O–H groups in total. The lowest BCUT2D eigenvalue weighted by molar-refractivity contribution is -0.125. The molecule has 8 nitrogen and oxygen atoms in total. The predicted molar refractivity (Wildman–Crippen MR) is 134 cm³/mol. The van der Waals surface area contributed by atoms with Crippen LogP contribution in [-0.2, 0) is 14.3 Å². The number of ether oxygens (including phenoxy) is 1. The molecule has 2 heterocycles. The summed E-state index contributed by atoms with van der Waals surface area (Å²) in [6, 6.07) is 6.81. The average Bonchev–Trinajstić information content (AvgIpc) is 3.25. The van der Waals surface area contributed by atoms with Crippen molar-refractivity contribution in [2.24, 2.45) is 0 Å². The maximum Gasteiger partial charge on any atom is 0.265 e. The number of carbonyl (C=O) groups is 3. The molecule has 0 bridgehead atoms. The Labute approximate surface area is 216 Å². The van der Waals surface area contributed by atoms with Gasteiger partial charge in [0.1, 0.15) is 12.6 Å². The summed E-state index contributed by atoms with van der Waals surface area (Å²) in [6.07, 6.45) is 0.0833. The summed E-state index contributed by atoms with van der Waals surface area (Å²) in [4.78, 5) is 41.6. The molecular formula is C24H27ClF2N4O4S. The zero-order valence-corrected chi connectivity index (χ0v) is 21.2. The summed E-state index contributed by atoms with van der Waals surface area (Å²) >= 11 is 7.05. The molecule has 0 spiro atoms. The van der Waals surface area contributed by atoms with Crippen molar-refractivity contribution in [3.05, 3.63) is 45.1 Å². The Balaban J connectivity index is 1.50. The van der Waals surface area contributed by atoms with Crippen molar-refractivity contribution in [1.82, 2.24) is 10.2 Å². The van der Waals surface area contributed by atoms with E-state index in [9.17, 15) is 23.2 Å². The van der Waals surface area contributed by atoms with Crippen LogP contribution in [0, 0.1) is 0 Å². The van der Waals surface area contributed by atoms with Gasteiger partial charge in [-0.05, 0) is 50.2 Å². The standard InChI is InChI=1S/C24H27ClF2N4O4S/c1-30(15-3-2-4-15)18(12-28-24(34)19-7-8-20(25)36-19)23(33)29-14-5-6-17(16(11-14)22(26)27)31-9-10-35-13-21(31)32/h5-8,11,15,18,22H,2-4,9-10,12-13H2,1H3,(H,28,34)(H,29,33)/t18-/m0/s1. The Morgan fingerprint density at radius 1 is 1.28 bits per heavy atom. The third kappa shape index (κ3) is 6.03. The molecule has 2 fully saturated rings. The highest BCUT2D eigenvalue weighted by molar-refractivity contribution is 7.18. The van der Waals surface area contributed by atoms with Gasteiger partial charge in [-0.3, -0.25) is 19.3 Å². The molecule has 1 aromatic heterocycles. The van der Waals surface area contributed by atoms with E-state index >= 15 is 0 Å². The summed E-state index contributed by atoms with van der Waals surface area (Å²) in [6.45, 7) is 0.300. The summed E-state index contributed by atoms with van der Waals surface area (Å²) in [7, 11) is 1.82. The Kier molecular flexibility index (Phi) is 8.55. The van der Waals surface area contributed by atoms with Crippen LogP contribution in [0.3, 0.4) is 0 Å². The topological polar surface area (TPSA) is 91.0 Å². The van der Waals surface area contributed by atoms with Crippen LogP contribution in [0.2, 0.25) is 4.34 Å². The minimum Gasteiger partial charge on any atom is -0.370 e. The van der Waals surface area contributed by atoms with Gasteiger partial charge in [-0.1, -0.05) is 18.0 Å². The van der Waals surface area contributed by atoms with E-state index < -0.39 is 24.3 Å². The van der Waals surface area contributed by atoms with Crippen LogP contribution in [0.5, 0.6) is 0 Å². The zero-order valence-electron chi connectivity index (χ0n) is 19.6. The van der Waals surface area contributed by atoms with E-state index in [-0.39, 0.29) is 55.2 Å². The number of carbonyl (C=O) groups excluding carboxylic acids is 3. The van der Waals surface area contributed by atoms with Gasteiger partial charge in [0, 0.05) is 30.4 Å². The van der Waals surface area contributed by atoms with Crippen LogP contribution in [0.15, 0.2) is 30.3 Å². The van der Waals surface area contributed by atoms with Gasteiger partial charge in [0.2, 0.25) is 5.91 Å². The highest BCUT2D eigenvalue weighted by atomic mass is 35.5. The first kappa shape index (κ1) is 26.5. The minimum absolute atomic E-state index is 0.0370. The quantitative estimate of drug-likeness (QED) is 0.503. The van der Waals surface area contributed by atoms with Crippen molar-refractivity contribution >= 4 is 52.0 Å². The van der Waals surface area contributed by atoms with Crippen molar-refractivity contribution in [3.8, 4) is 0 Å². The fourth-order valence-corrected chi connectivity index (χ4v) is 5.19. The number of morpholine rings is 1. The molecule has 0 radical (unpaired) electrons. The first-order chi connectivity index (χ1) is 17.2. The number of amides is 3. The first-order valence-corrected chi connectivity index (χ1v) is 12.8. The van der Waals surface area contributed by atoms with E-state index in [1.54, 1.807) is 12.1 Å². The molecule has 36 heavy (non-hydrogen) atoms. The Morgan fingerprint density at radius 3 is 2.67 bits per heavy atom. The second kappa shape index (κ2) is 11.6. The third-order valence-corrected chi connectivity index (χ3v) is 7.73. The molecule has 1 aliphatic carbocycles. The molecule has 1 atom stereocenters. The van der Waals surface area contributed by atoms with Crippen molar-refractivity contribution in [2.75, 3.05) is 43.6 Å². The number of thiophene rings is 1. The minimum atomic E-state index is -2.85. The van der Waals surface area contributed by atoms with Gasteiger partial charge in [0.25, 0.3) is 18.2 Å². The normalized spacial score (nSPS) is 17.3. The summed E-state index contributed by atoms with van der Waals surface area (Å²) < 4.78 is 33.4. The smallest absolute Gasteiger partial charge is 0.265 e. The van der Waals surface area contributed by atoms with Crippen molar-refractivity contribution in [1.29, 1.82) is 0 Å². The van der Waals surface area contributed by atoms with Gasteiger partial charge in [-0.2, -0.15) is 0 Å². The number of alkyl halides is 2. The number of nitrogens with one attached hydrogen (secondary N) is 2. The maximum absolute atomic E-state index is 13.9. The number of halogens is 3. The Bertz CT molecular complexity index is 1130. The number of rotatable bonds is 9. The van der Waals surface area contributed by atoms with Gasteiger partial charge in [0.05, 0.1) is 21.5 Å². The average molecular weight is 541 g/mol. The molecule has 194 valence electrons. The van der Waals surface area contributed by atoms with E-state index in [4.69, 9.17) is 16.3 Å². The fraction of sp³-hybridized carbons (Fsp3) is 0.458. The third-order valence-electron chi connectivity index (χ3n) is 6.50. The molecule has 0 unspecified atom stereocenters. The van der Waals surface area contributed by atoms with Crippen LogP contribution >= 0.6 is 22.9 Å². The van der Waals surface area contributed by atoms with Gasteiger partial charge >= 0.3 is 0 Å². The molecule has 1 aliphatic heterocycles. The zero-order chi connectivity index (χ0) is 25.8. The number of anilines is 2. The summed E-state index contributed by atoms with van der Waals surface area (Å²) in [5.74, 6) is -1.17. The fourth-order valence-electron chi connectivity index (χ4n) is 4.23.